The van der Waals surface area contributed by atoms with Gasteiger partial charge in [0, 0.05) is 10.4 Å². The number of thiophene rings is 1. The maximum atomic E-state index is 5.83. The van der Waals surface area contributed by atoms with Crippen LogP contribution in [0.2, 0.25) is 4.34 Å². The second kappa shape index (κ2) is 5.49. The van der Waals surface area contributed by atoms with Crippen LogP contribution in [0.25, 0.3) is 0 Å². The van der Waals surface area contributed by atoms with E-state index in [0.717, 1.165) is 20.5 Å². The quantitative estimate of drug-likeness (QED) is 0.871. The molecule has 0 saturated heterocycles. The highest BCUT2D eigenvalue weighted by Crippen LogP contribution is 2.23. The minimum absolute atomic E-state index is 0.390. The van der Waals surface area contributed by atoms with Crippen LogP contribution in [0.1, 0.15) is 10.4 Å². The fraction of sp³-hybridized carbons (Fsp3) is 0.0833. The van der Waals surface area contributed by atoms with Gasteiger partial charge in [-0.15, -0.1) is 11.3 Å². The Bertz CT molecular complexity index is 522. The molecule has 0 aliphatic rings. The minimum atomic E-state index is 0.390. The van der Waals surface area contributed by atoms with Crippen LogP contribution in [0, 0.1) is 0 Å². The summed E-state index contributed by atoms with van der Waals surface area (Å²) in [4.78, 5) is 1.48. The highest BCUT2D eigenvalue weighted by atomic mass is 35.5. The van der Waals surface area contributed by atoms with Gasteiger partial charge in [-0.3, -0.25) is 0 Å². The lowest BCUT2D eigenvalue weighted by Gasteiger charge is -2.05. The first-order valence-electron chi connectivity index (χ1n) is 4.92. The molecule has 2 aromatic rings. The van der Waals surface area contributed by atoms with Crippen molar-refractivity contribution in [1.29, 1.82) is 0 Å². The number of halogens is 1. The Hall–Kier alpha value is -1.10. The van der Waals surface area contributed by atoms with Gasteiger partial charge in [-0.25, -0.2) is 0 Å². The third-order valence-corrected chi connectivity index (χ3v) is 3.59. The van der Waals surface area contributed by atoms with Gasteiger partial charge in [0.1, 0.15) is 17.3 Å². The average Bonchev–Trinajstić information content (AvgIpc) is 2.73. The summed E-state index contributed by atoms with van der Waals surface area (Å²) in [6.45, 7) is 0.518. The molecule has 0 bridgehead atoms. The van der Waals surface area contributed by atoms with Crippen molar-refractivity contribution in [1.82, 2.24) is 0 Å². The molecule has 0 spiro atoms. The minimum Gasteiger partial charge on any atom is -0.488 e. The molecule has 2 N–H and O–H groups in total. The van der Waals surface area contributed by atoms with Gasteiger partial charge in [-0.2, -0.15) is 0 Å². The lowest BCUT2D eigenvalue weighted by atomic mass is 10.2. The van der Waals surface area contributed by atoms with E-state index in [-0.39, 0.29) is 0 Å². The predicted molar refractivity (Wildman–Crippen MR) is 76.0 cm³/mol. The van der Waals surface area contributed by atoms with E-state index in [0.29, 0.717) is 11.6 Å². The summed E-state index contributed by atoms with van der Waals surface area (Å²) in [5, 5.41) is 0. The van der Waals surface area contributed by atoms with Gasteiger partial charge in [0.15, 0.2) is 0 Å². The number of rotatable bonds is 4. The predicted octanol–water partition coefficient (Wildman–Crippen LogP) is 3.61. The van der Waals surface area contributed by atoms with Crippen molar-refractivity contribution in [2.45, 2.75) is 6.61 Å². The molecule has 0 radical (unpaired) electrons. The second-order valence-corrected chi connectivity index (χ2v) is 5.62. The molecule has 1 aromatic carbocycles. The summed E-state index contributed by atoms with van der Waals surface area (Å²) in [5.74, 6) is 0.787. The largest absolute Gasteiger partial charge is 0.488 e. The first kappa shape index (κ1) is 12.4. The first-order chi connectivity index (χ1) is 8.15. The monoisotopic (exact) mass is 283 g/mol. The van der Waals surface area contributed by atoms with E-state index in [4.69, 9.17) is 34.3 Å². The van der Waals surface area contributed by atoms with E-state index in [1.807, 2.05) is 36.4 Å². The lowest BCUT2D eigenvalue weighted by molar-refractivity contribution is 0.310. The maximum absolute atomic E-state index is 5.83. The smallest absolute Gasteiger partial charge is 0.122 e. The molecule has 1 aromatic heterocycles. The summed E-state index contributed by atoms with van der Waals surface area (Å²) in [6.07, 6.45) is 0. The van der Waals surface area contributed by atoms with Crippen LogP contribution in [-0.2, 0) is 6.61 Å². The highest BCUT2D eigenvalue weighted by molar-refractivity contribution is 7.80. The molecule has 17 heavy (non-hydrogen) atoms. The van der Waals surface area contributed by atoms with Gasteiger partial charge < -0.3 is 10.5 Å². The molecular weight excluding hydrogens is 274 g/mol. The van der Waals surface area contributed by atoms with Crippen molar-refractivity contribution in [2.75, 3.05) is 0 Å². The van der Waals surface area contributed by atoms with Crippen LogP contribution in [-0.4, -0.2) is 4.99 Å². The average molecular weight is 284 g/mol. The van der Waals surface area contributed by atoms with Crippen LogP contribution < -0.4 is 10.5 Å². The number of thiocarbonyl (C=S) groups is 1. The van der Waals surface area contributed by atoms with E-state index >= 15 is 0 Å². The molecule has 5 heteroatoms. The molecule has 0 saturated carbocycles. The topological polar surface area (TPSA) is 35.2 Å². The number of hydrogen-bond donors (Lipinski definition) is 1. The molecular formula is C12H10ClNOS2. The van der Waals surface area contributed by atoms with E-state index in [1.54, 1.807) is 0 Å². The van der Waals surface area contributed by atoms with Crippen molar-refractivity contribution in [3.8, 4) is 5.75 Å². The fourth-order valence-corrected chi connectivity index (χ4v) is 2.44. The Morgan fingerprint density at radius 1 is 1.24 bits per heavy atom. The van der Waals surface area contributed by atoms with Gasteiger partial charge in [0.05, 0.1) is 4.34 Å². The molecule has 1 heterocycles. The Kier molecular flexibility index (Phi) is 3.99. The van der Waals surface area contributed by atoms with Crippen molar-refractivity contribution in [3.63, 3.8) is 0 Å². The van der Waals surface area contributed by atoms with E-state index in [2.05, 4.69) is 0 Å². The summed E-state index contributed by atoms with van der Waals surface area (Å²) in [7, 11) is 0. The number of benzene rings is 1. The molecule has 0 amide bonds. The summed E-state index contributed by atoms with van der Waals surface area (Å²) in [6, 6.07) is 11.2. The third-order valence-electron chi connectivity index (χ3n) is 2.15. The van der Waals surface area contributed by atoms with Gasteiger partial charge in [0.25, 0.3) is 0 Å². The number of hydrogen-bond acceptors (Lipinski definition) is 3. The molecule has 88 valence electrons. The van der Waals surface area contributed by atoms with Crippen molar-refractivity contribution < 1.29 is 4.74 Å². The van der Waals surface area contributed by atoms with E-state index < -0.39 is 0 Å². The standard InChI is InChI=1S/C12H10ClNOS2/c13-11-6-5-10(17-11)7-15-9-3-1-8(2-4-9)12(14)16/h1-6H,7H2,(H2,14,16). The van der Waals surface area contributed by atoms with Gasteiger partial charge in [-0.1, -0.05) is 23.8 Å². The van der Waals surface area contributed by atoms with Crippen molar-refractivity contribution in [2.24, 2.45) is 5.73 Å². The SMILES string of the molecule is NC(=S)c1ccc(OCc2ccc(Cl)s2)cc1. The Balaban J connectivity index is 1.97. The van der Waals surface area contributed by atoms with Crippen LogP contribution in [0.4, 0.5) is 0 Å². The van der Waals surface area contributed by atoms with Crippen LogP contribution in [0.3, 0.4) is 0 Å². The third kappa shape index (κ3) is 3.43. The fourth-order valence-electron chi connectivity index (χ4n) is 1.30. The Morgan fingerprint density at radius 3 is 2.47 bits per heavy atom. The van der Waals surface area contributed by atoms with Crippen LogP contribution in [0.15, 0.2) is 36.4 Å². The molecule has 0 aliphatic heterocycles. The Morgan fingerprint density at radius 2 is 1.94 bits per heavy atom. The molecule has 2 rings (SSSR count). The van der Waals surface area contributed by atoms with E-state index in [1.165, 1.54) is 11.3 Å². The van der Waals surface area contributed by atoms with Gasteiger partial charge >= 0.3 is 0 Å². The maximum Gasteiger partial charge on any atom is 0.122 e. The zero-order chi connectivity index (χ0) is 12.3. The molecule has 0 aliphatic carbocycles. The molecule has 0 fully saturated rings. The zero-order valence-electron chi connectivity index (χ0n) is 8.85. The molecule has 0 unspecified atom stereocenters. The lowest BCUT2D eigenvalue weighted by Crippen LogP contribution is -2.08. The van der Waals surface area contributed by atoms with Crippen LogP contribution in [0.5, 0.6) is 5.75 Å². The van der Waals surface area contributed by atoms with Gasteiger partial charge in [-0.05, 0) is 36.4 Å². The normalized spacial score (nSPS) is 10.2. The second-order valence-electron chi connectivity index (χ2n) is 3.38. The van der Waals surface area contributed by atoms with Crippen molar-refractivity contribution >= 4 is 40.1 Å². The number of nitrogens with two attached hydrogens (primary N) is 1. The molecule has 0 atom stereocenters. The first-order valence-corrected chi connectivity index (χ1v) is 6.52. The van der Waals surface area contributed by atoms with E-state index in [9.17, 15) is 0 Å². The molecule has 2 nitrogen and oxygen atoms in total. The summed E-state index contributed by atoms with van der Waals surface area (Å²) >= 11 is 12.2. The zero-order valence-corrected chi connectivity index (χ0v) is 11.2. The summed E-state index contributed by atoms with van der Waals surface area (Å²) in [5.41, 5.74) is 6.35. The number of ether oxygens (including phenoxy) is 1. The highest BCUT2D eigenvalue weighted by Gasteiger charge is 2.00. The van der Waals surface area contributed by atoms with Crippen LogP contribution >= 0.6 is 35.2 Å². The summed E-state index contributed by atoms with van der Waals surface area (Å²) < 4.78 is 6.38. The Labute approximate surface area is 114 Å². The van der Waals surface area contributed by atoms with Crippen molar-refractivity contribution in [3.05, 3.63) is 51.2 Å². The van der Waals surface area contributed by atoms with Gasteiger partial charge in [0.2, 0.25) is 0 Å².